The Morgan fingerprint density at radius 1 is 0.643 bits per heavy atom. The molecule has 0 amide bonds. The molecule has 0 bridgehead atoms. The highest BCUT2D eigenvalue weighted by Gasteiger charge is 2.19. The largest absolute Gasteiger partial charge is 0.493 e. The minimum atomic E-state index is 0.468. The van der Waals surface area contributed by atoms with Crippen LogP contribution in [0.5, 0.6) is 34.5 Å². The van der Waals surface area contributed by atoms with E-state index in [0.29, 0.717) is 51.2 Å². The van der Waals surface area contributed by atoms with Gasteiger partial charge >= 0.3 is 0 Å². The van der Waals surface area contributed by atoms with E-state index in [1.165, 1.54) is 48.7 Å². The zero-order chi connectivity index (χ0) is 20.7. The van der Waals surface area contributed by atoms with E-state index in [-0.39, 0.29) is 0 Å². The van der Waals surface area contributed by atoms with E-state index in [1.54, 1.807) is 24.3 Å². The van der Waals surface area contributed by atoms with E-state index in [2.05, 4.69) is 6.07 Å². The molecule has 0 aliphatic carbocycles. The van der Waals surface area contributed by atoms with Crippen LogP contribution in [0.2, 0.25) is 0 Å². The molecule has 0 unspecified atom stereocenters. The second-order valence-electron chi connectivity index (χ2n) is 5.52. The van der Waals surface area contributed by atoms with Gasteiger partial charge < -0.3 is 28.4 Å². The average molecular weight is 385 g/mol. The second kappa shape index (κ2) is 9.42. The van der Waals surface area contributed by atoms with Gasteiger partial charge in [0.2, 0.25) is 11.5 Å². The van der Waals surface area contributed by atoms with Gasteiger partial charge in [0.1, 0.15) is 0 Å². The summed E-state index contributed by atoms with van der Waals surface area (Å²) in [5, 5.41) is 9.37. The summed E-state index contributed by atoms with van der Waals surface area (Å²) < 4.78 is 32.4. The standard InChI is InChI=1S/C21H23NO6/c1-23-16-9-13(10-17(24-2)20(16)27-5)15(7-8-22)14-11-18(25-3)21(28-6)19(12-14)26-4/h7,9-12H,1-6H3. The summed E-state index contributed by atoms with van der Waals surface area (Å²) in [6.07, 6.45) is 1.43. The molecule has 0 fully saturated rings. The molecule has 0 N–H and O–H groups in total. The monoisotopic (exact) mass is 385 g/mol. The molecule has 0 heterocycles. The lowest BCUT2D eigenvalue weighted by Crippen LogP contribution is -1.99. The van der Waals surface area contributed by atoms with Gasteiger partial charge in [-0.2, -0.15) is 5.26 Å². The number of benzene rings is 2. The van der Waals surface area contributed by atoms with Crippen molar-refractivity contribution in [2.45, 2.75) is 0 Å². The third-order valence-electron chi connectivity index (χ3n) is 4.16. The molecule has 0 aromatic heterocycles. The predicted molar refractivity (Wildman–Crippen MR) is 105 cm³/mol. The maximum atomic E-state index is 9.37. The number of hydrogen-bond acceptors (Lipinski definition) is 7. The van der Waals surface area contributed by atoms with Crippen LogP contribution in [0.4, 0.5) is 0 Å². The van der Waals surface area contributed by atoms with Crippen LogP contribution < -0.4 is 28.4 Å². The van der Waals surface area contributed by atoms with Crippen LogP contribution in [0.1, 0.15) is 11.1 Å². The van der Waals surface area contributed by atoms with Crippen LogP contribution in [0.25, 0.3) is 5.57 Å². The van der Waals surface area contributed by atoms with Crippen molar-refractivity contribution in [1.82, 2.24) is 0 Å². The lowest BCUT2D eigenvalue weighted by atomic mass is 9.96. The molecule has 2 aromatic carbocycles. The summed E-state index contributed by atoms with van der Waals surface area (Å²) in [5.74, 6) is 2.85. The van der Waals surface area contributed by atoms with E-state index < -0.39 is 0 Å². The molecule has 7 nitrogen and oxygen atoms in total. The maximum Gasteiger partial charge on any atom is 0.203 e. The summed E-state index contributed by atoms with van der Waals surface area (Å²) in [6.45, 7) is 0. The average Bonchev–Trinajstić information content (AvgIpc) is 2.75. The number of ether oxygens (including phenoxy) is 6. The zero-order valence-corrected chi connectivity index (χ0v) is 16.8. The molecule has 0 aliphatic heterocycles. The Morgan fingerprint density at radius 3 is 1.18 bits per heavy atom. The Hall–Kier alpha value is -3.53. The minimum Gasteiger partial charge on any atom is -0.493 e. The van der Waals surface area contributed by atoms with Crippen LogP contribution in [0.3, 0.4) is 0 Å². The predicted octanol–water partition coefficient (Wildman–Crippen LogP) is 3.69. The molecule has 0 atom stereocenters. The van der Waals surface area contributed by atoms with E-state index in [4.69, 9.17) is 28.4 Å². The number of rotatable bonds is 8. The van der Waals surface area contributed by atoms with E-state index in [1.807, 2.05) is 0 Å². The van der Waals surface area contributed by atoms with Crippen LogP contribution in [-0.4, -0.2) is 42.7 Å². The number of allylic oxidation sites excluding steroid dienone is 1. The third-order valence-corrected chi connectivity index (χ3v) is 4.16. The first-order valence-corrected chi connectivity index (χ1v) is 8.28. The van der Waals surface area contributed by atoms with Crippen molar-refractivity contribution in [3.63, 3.8) is 0 Å². The Morgan fingerprint density at radius 2 is 0.964 bits per heavy atom. The summed E-state index contributed by atoms with van der Waals surface area (Å²) in [5.41, 5.74) is 2.02. The van der Waals surface area contributed by atoms with Crippen molar-refractivity contribution >= 4 is 5.57 Å². The summed E-state index contributed by atoms with van der Waals surface area (Å²) in [7, 11) is 9.21. The normalized spacial score (nSPS) is 9.75. The first-order valence-electron chi connectivity index (χ1n) is 8.28. The quantitative estimate of drug-likeness (QED) is 0.641. The molecule has 0 saturated heterocycles. The van der Waals surface area contributed by atoms with Gasteiger partial charge in [-0.15, -0.1) is 0 Å². The minimum absolute atomic E-state index is 0.468. The van der Waals surface area contributed by atoms with Gasteiger partial charge in [-0.3, -0.25) is 0 Å². The molecule has 0 spiro atoms. The SMILES string of the molecule is COc1cc(C(=CC#N)c2cc(OC)c(OC)c(OC)c2)cc(OC)c1OC. The van der Waals surface area contributed by atoms with Crippen molar-refractivity contribution in [3.05, 3.63) is 41.5 Å². The lowest BCUT2D eigenvalue weighted by molar-refractivity contribution is 0.324. The molecule has 7 heteroatoms. The van der Waals surface area contributed by atoms with E-state index in [0.717, 1.165) is 0 Å². The maximum absolute atomic E-state index is 9.37. The van der Waals surface area contributed by atoms with Crippen LogP contribution in [0, 0.1) is 11.3 Å². The number of methoxy groups -OCH3 is 6. The first kappa shape index (κ1) is 20.8. The van der Waals surface area contributed by atoms with Crippen molar-refractivity contribution in [2.24, 2.45) is 0 Å². The number of nitriles is 1. The van der Waals surface area contributed by atoms with Crippen LogP contribution in [-0.2, 0) is 0 Å². The Kier molecular flexibility index (Phi) is 6.99. The highest BCUT2D eigenvalue weighted by Crippen LogP contribution is 2.44. The molecular formula is C21H23NO6. The van der Waals surface area contributed by atoms with Crippen molar-refractivity contribution < 1.29 is 28.4 Å². The van der Waals surface area contributed by atoms with Crippen molar-refractivity contribution in [1.29, 1.82) is 5.26 Å². The number of nitrogens with zero attached hydrogens (tertiary/aromatic N) is 1. The first-order chi connectivity index (χ1) is 13.6. The molecular weight excluding hydrogens is 362 g/mol. The number of hydrogen-bond donors (Lipinski definition) is 0. The Bertz CT molecular complexity index is 798. The van der Waals surface area contributed by atoms with Gasteiger partial charge in [0.25, 0.3) is 0 Å². The fraction of sp³-hybridized carbons (Fsp3) is 0.286. The second-order valence-corrected chi connectivity index (χ2v) is 5.52. The van der Waals surface area contributed by atoms with E-state index >= 15 is 0 Å². The summed E-state index contributed by atoms with van der Waals surface area (Å²) in [6, 6.07) is 9.17. The molecule has 148 valence electrons. The molecule has 0 radical (unpaired) electrons. The van der Waals surface area contributed by atoms with Gasteiger partial charge in [-0.1, -0.05) is 0 Å². The van der Waals surface area contributed by atoms with Crippen LogP contribution in [0.15, 0.2) is 30.3 Å². The van der Waals surface area contributed by atoms with Gasteiger partial charge in [-0.05, 0) is 41.0 Å². The van der Waals surface area contributed by atoms with Crippen LogP contribution >= 0.6 is 0 Å². The van der Waals surface area contributed by atoms with Gasteiger partial charge in [0.05, 0.1) is 48.7 Å². The summed E-state index contributed by atoms with van der Waals surface area (Å²) >= 11 is 0. The Balaban J connectivity index is 2.75. The van der Waals surface area contributed by atoms with E-state index in [9.17, 15) is 5.26 Å². The molecule has 0 aliphatic rings. The summed E-state index contributed by atoms with van der Waals surface area (Å²) in [4.78, 5) is 0. The van der Waals surface area contributed by atoms with Crippen molar-refractivity contribution in [2.75, 3.05) is 42.7 Å². The smallest absolute Gasteiger partial charge is 0.203 e. The third kappa shape index (κ3) is 3.91. The molecule has 2 rings (SSSR count). The van der Waals surface area contributed by atoms with Gasteiger partial charge in [-0.25, -0.2) is 0 Å². The molecule has 0 saturated carbocycles. The Labute approximate surface area is 164 Å². The fourth-order valence-corrected chi connectivity index (χ4v) is 2.87. The fourth-order valence-electron chi connectivity index (χ4n) is 2.87. The van der Waals surface area contributed by atoms with Crippen molar-refractivity contribution in [3.8, 4) is 40.6 Å². The zero-order valence-electron chi connectivity index (χ0n) is 16.8. The highest BCUT2D eigenvalue weighted by atomic mass is 16.5. The topological polar surface area (TPSA) is 79.2 Å². The van der Waals surface area contributed by atoms with Gasteiger partial charge in [0.15, 0.2) is 23.0 Å². The van der Waals surface area contributed by atoms with Gasteiger partial charge in [0, 0.05) is 6.08 Å². The highest BCUT2D eigenvalue weighted by molar-refractivity contribution is 5.85. The molecule has 2 aromatic rings. The lowest BCUT2D eigenvalue weighted by Gasteiger charge is -2.18. The molecule has 28 heavy (non-hydrogen) atoms.